The third-order valence-corrected chi connectivity index (χ3v) is 6.26. The summed E-state index contributed by atoms with van der Waals surface area (Å²) >= 11 is 1.42. The predicted octanol–water partition coefficient (Wildman–Crippen LogP) is 4.95. The number of rotatable bonds is 4. The van der Waals surface area contributed by atoms with Crippen LogP contribution in [0.4, 0.5) is 0 Å². The molecule has 150 valence electrons. The summed E-state index contributed by atoms with van der Waals surface area (Å²) in [5.41, 5.74) is 4.52. The van der Waals surface area contributed by atoms with Gasteiger partial charge in [-0.15, -0.1) is 10.2 Å². The zero-order valence-corrected chi connectivity index (χ0v) is 18.0. The first-order valence-electron chi connectivity index (χ1n) is 9.79. The van der Waals surface area contributed by atoms with E-state index < -0.39 is 0 Å². The fourth-order valence-corrected chi connectivity index (χ4v) is 4.31. The molecule has 29 heavy (non-hydrogen) atoms. The third-order valence-electron chi connectivity index (χ3n) is 5.07. The molecule has 2 aromatic carbocycles. The van der Waals surface area contributed by atoms with Gasteiger partial charge in [0, 0.05) is 17.7 Å². The average molecular weight is 408 g/mol. The normalized spacial score (nSPS) is 16.8. The van der Waals surface area contributed by atoms with Gasteiger partial charge >= 0.3 is 5.97 Å². The molecule has 6 heteroatoms. The van der Waals surface area contributed by atoms with Crippen LogP contribution in [0.5, 0.6) is 0 Å². The summed E-state index contributed by atoms with van der Waals surface area (Å²) in [6.07, 6.45) is 0.694. The van der Waals surface area contributed by atoms with E-state index >= 15 is 0 Å². The second-order valence-corrected chi connectivity index (χ2v) is 9.54. The summed E-state index contributed by atoms with van der Waals surface area (Å²) in [5.74, 6) is 0.590. The van der Waals surface area contributed by atoms with Gasteiger partial charge in [0.05, 0.1) is 6.61 Å². The van der Waals surface area contributed by atoms with E-state index in [0.29, 0.717) is 18.2 Å². The number of aromatic nitrogens is 3. The van der Waals surface area contributed by atoms with Gasteiger partial charge in [0.15, 0.2) is 11.0 Å². The largest absolute Gasteiger partial charge is 0.465 e. The van der Waals surface area contributed by atoms with Crippen LogP contribution < -0.4 is 0 Å². The van der Waals surface area contributed by atoms with Gasteiger partial charge in [-0.2, -0.15) is 0 Å². The lowest BCUT2D eigenvalue weighted by Gasteiger charge is -2.19. The molecule has 1 atom stereocenters. The van der Waals surface area contributed by atoms with Crippen LogP contribution in [0.15, 0.2) is 53.7 Å². The van der Waals surface area contributed by atoms with Crippen molar-refractivity contribution in [2.24, 2.45) is 0 Å². The van der Waals surface area contributed by atoms with Crippen molar-refractivity contribution in [1.29, 1.82) is 0 Å². The highest BCUT2D eigenvalue weighted by Crippen LogP contribution is 2.34. The average Bonchev–Trinajstić information content (AvgIpc) is 3.29. The SMILES string of the molecule is Cc1ccc(-n2c(SC3CCOC3=O)nnc2-c2ccc(C(C)(C)C)cc2)cc1. The van der Waals surface area contributed by atoms with Crippen LogP contribution in [0.25, 0.3) is 17.1 Å². The molecule has 0 radical (unpaired) electrons. The van der Waals surface area contributed by atoms with Crippen LogP contribution in [0, 0.1) is 6.92 Å². The molecule has 1 unspecified atom stereocenters. The van der Waals surface area contributed by atoms with Gasteiger partial charge in [0.1, 0.15) is 5.25 Å². The molecule has 4 rings (SSSR count). The highest BCUT2D eigenvalue weighted by atomic mass is 32.2. The Kier molecular flexibility index (Phi) is 5.21. The minimum Gasteiger partial charge on any atom is -0.465 e. The van der Waals surface area contributed by atoms with Crippen LogP contribution in [-0.4, -0.2) is 32.6 Å². The highest BCUT2D eigenvalue weighted by Gasteiger charge is 2.30. The summed E-state index contributed by atoms with van der Waals surface area (Å²) in [6, 6.07) is 16.7. The molecule has 1 aliphatic heterocycles. The van der Waals surface area contributed by atoms with Crippen LogP contribution in [0.2, 0.25) is 0 Å². The number of hydrogen-bond acceptors (Lipinski definition) is 5. The summed E-state index contributed by atoms with van der Waals surface area (Å²) in [7, 11) is 0. The van der Waals surface area contributed by atoms with Crippen molar-refractivity contribution in [3.63, 3.8) is 0 Å². The molecular weight excluding hydrogens is 382 g/mol. The number of benzene rings is 2. The second kappa shape index (κ2) is 7.67. The minimum absolute atomic E-state index is 0.0903. The Hall–Kier alpha value is -2.60. The number of carbonyl (C=O) groups is 1. The Balaban J connectivity index is 1.77. The molecule has 3 aromatic rings. The van der Waals surface area contributed by atoms with Crippen molar-refractivity contribution < 1.29 is 9.53 Å². The lowest BCUT2D eigenvalue weighted by molar-refractivity contribution is -0.137. The van der Waals surface area contributed by atoms with Crippen molar-refractivity contribution in [2.45, 2.75) is 49.9 Å². The molecule has 1 aromatic heterocycles. The Morgan fingerprint density at radius 3 is 2.31 bits per heavy atom. The first-order chi connectivity index (χ1) is 13.8. The highest BCUT2D eigenvalue weighted by molar-refractivity contribution is 8.00. The zero-order chi connectivity index (χ0) is 20.6. The fraction of sp³-hybridized carbons (Fsp3) is 0.348. The maximum absolute atomic E-state index is 12.0. The molecule has 1 aliphatic rings. The molecule has 0 aliphatic carbocycles. The molecule has 0 N–H and O–H groups in total. The maximum Gasteiger partial charge on any atom is 0.319 e. The van der Waals surface area contributed by atoms with Crippen molar-refractivity contribution in [1.82, 2.24) is 14.8 Å². The lowest BCUT2D eigenvalue weighted by Crippen LogP contribution is -2.11. The van der Waals surface area contributed by atoms with E-state index in [1.54, 1.807) is 0 Å². The number of cyclic esters (lactones) is 1. The van der Waals surface area contributed by atoms with Crippen LogP contribution in [0.1, 0.15) is 38.3 Å². The number of nitrogens with zero attached hydrogens (tertiary/aromatic N) is 3. The maximum atomic E-state index is 12.0. The lowest BCUT2D eigenvalue weighted by atomic mass is 9.87. The fourth-order valence-electron chi connectivity index (χ4n) is 3.29. The van der Waals surface area contributed by atoms with Crippen LogP contribution in [-0.2, 0) is 14.9 Å². The smallest absolute Gasteiger partial charge is 0.319 e. The van der Waals surface area contributed by atoms with E-state index in [1.807, 2.05) is 4.57 Å². The summed E-state index contributed by atoms with van der Waals surface area (Å²) in [4.78, 5) is 12.0. The quantitative estimate of drug-likeness (QED) is 0.573. The van der Waals surface area contributed by atoms with Crippen molar-refractivity contribution in [3.8, 4) is 17.1 Å². The molecule has 5 nitrogen and oxygen atoms in total. The van der Waals surface area contributed by atoms with Crippen LogP contribution >= 0.6 is 11.8 Å². The molecule has 1 fully saturated rings. The minimum atomic E-state index is -0.237. The molecule has 0 amide bonds. The van der Waals surface area contributed by atoms with E-state index in [4.69, 9.17) is 4.74 Å². The summed E-state index contributed by atoms with van der Waals surface area (Å²) in [6.45, 7) is 9.13. The van der Waals surface area contributed by atoms with Crippen molar-refractivity contribution in [2.75, 3.05) is 6.61 Å². The number of esters is 1. The molecular formula is C23H25N3O2S. The van der Waals surface area contributed by atoms with E-state index in [-0.39, 0.29) is 16.6 Å². The topological polar surface area (TPSA) is 57.0 Å². The number of aryl methyl sites for hydroxylation is 1. The Morgan fingerprint density at radius 2 is 1.72 bits per heavy atom. The molecule has 0 spiro atoms. The molecule has 2 heterocycles. The van der Waals surface area contributed by atoms with Gasteiger partial charge in [-0.3, -0.25) is 9.36 Å². The van der Waals surface area contributed by atoms with Gasteiger partial charge in [0.2, 0.25) is 0 Å². The number of thioether (sulfide) groups is 1. The standard InChI is InChI=1S/C23H25N3O2S/c1-15-5-11-18(12-6-15)26-20(16-7-9-17(10-8-16)23(2,3)4)24-25-22(26)29-19-13-14-28-21(19)27/h5-12,19H,13-14H2,1-4H3. The molecule has 0 saturated carbocycles. The van der Waals surface area contributed by atoms with Gasteiger partial charge < -0.3 is 4.74 Å². The van der Waals surface area contributed by atoms with Crippen molar-refractivity contribution in [3.05, 3.63) is 59.7 Å². The molecule has 0 bridgehead atoms. The molecule has 1 saturated heterocycles. The number of ether oxygens (including phenoxy) is 1. The number of carbonyl (C=O) groups excluding carboxylic acids is 1. The van der Waals surface area contributed by atoms with E-state index in [9.17, 15) is 4.79 Å². The monoisotopic (exact) mass is 407 g/mol. The first-order valence-corrected chi connectivity index (χ1v) is 10.7. The zero-order valence-electron chi connectivity index (χ0n) is 17.2. The van der Waals surface area contributed by atoms with Crippen LogP contribution in [0.3, 0.4) is 0 Å². The van der Waals surface area contributed by atoms with Gasteiger partial charge in [-0.25, -0.2) is 0 Å². The Labute approximate surface area is 175 Å². The Morgan fingerprint density at radius 1 is 1.03 bits per heavy atom. The second-order valence-electron chi connectivity index (χ2n) is 8.37. The van der Waals surface area contributed by atoms with Gasteiger partial charge in [0.25, 0.3) is 0 Å². The first kappa shape index (κ1) is 19.7. The van der Waals surface area contributed by atoms with Gasteiger partial charge in [-0.1, -0.05) is 74.5 Å². The van der Waals surface area contributed by atoms with E-state index in [1.165, 1.54) is 22.9 Å². The summed E-state index contributed by atoms with van der Waals surface area (Å²) in [5, 5.41) is 9.38. The van der Waals surface area contributed by atoms with Gasteiger partial charge in [-0.05, 0) is 30.0 Å². The predicted molar refractivity (Wildman–Crippen MR) is 115 cm³/mol. The Bertz CT molecular complexity index is 1020. The van der Waals surface area contributed by atoms with Crippen molar-refractivity contribution >= 4 is 17.7 Å². The summed E-state index contributed by atoms with van der Waals surface area (Å²) < 4.78 is 7.15. The van der Waals surface area contributed by atoms with E-state index in [0.717, 1.165) is 17.1 Å². The third kappa shape index (κ3) is 4.08. The van der Waals surface area contributed by atoms with E-state index in [2.05, 4.69) is 86.4 Å². The number of hydrogen-bond donors (Lipinski definition) is 0.